The summed E-state index contributed by atoms with van der Waals surface area (Å²) >= 11 is 0. The van der Waals surface area contributed by atoms with Crippen molar-refractivity contribution in [2.24, 2.45) is 23.5 Å². The fraction of sp³-hybridized carbons (Fsp3) is 0.636. The average molecular weight is 884 g/mol. The number of carbonyl (C=O) groups excluding carboxylic acids is 7. The molecule has 4 rings (SSSR count). The maximum atomic E-state index is 14.7. The normalized spacial score (nSPS) is 30.2. The van der Waals surface area contributed by atoms with E-state index in [2.05, 4.69) is 21.3 Å². The van der Waals surface area contributed by atoms with Crippen LogP contribution in [0.1, 0.15) is 91.5 Å². The van der Waals surface area contributed by atoms with E-state index in [0.29, 0.717) is 24.8 Å². The van der Waals surface area contributed by atoms with Gasteiger partial charge in [-0.25, -0.2) is 4.79 Å². The van der Waals surface area contributed by atoms with Crippen LogP contribution in [0.2, 0.25) is 0 Å². The van der Waals surface area contributed by atoms with Crippen LogP contribution in [0.3, 0.4) is 0 Å². The summed E-state index contributed by atoms with van der Waals surface area (Å²) < 4.78 is 5.86. The number of cyclic esters (lactones) is 1. The Bertz CT molecular complexity index is 1850. The van der Waals surface area contributed by atoms with E-state index in [1.807, 2.05) is 0 Å². The third-order valence-electron chi connectivity index (χ3n) is 12.2. The second-order valence-electron chi connectivity index (χ2n) is 17.3. The lowest BCUT2D eigenvalue weighted by Gasteiger charge is -2.44. The molecule has 2 aliphatic heterocycles. The quantitative estimate of drug-likeness (QED) is 0.100. The standard InChI is InChI=1S/C44H65N7O12/c1-7-24(4)35-44(62)63-25(5)36(48-33(53)19-17-29(45)43(60)61)40(57)47-31(21-27-13-15-28(52)16-14-27)38(55)46-30-18-20-34(54)51(41(30)58)37(23(2)3)42(59)50(6)32(39(56)49-35)22-26-11-9-8-10-12-26/h8-13,15,23-25,27-32,34-37,52,54H,7,14,16-22,45H2,1-6H3,(H,46,55)(H,47,57)(H,48,53)(H,49,56)(H,60,61)/t24-,25+,27-,28-,29-,30-,31-,32-,34+,35-,36-,37-/m0/s1. The first kappa shape index (κ1) is 50.2. The number of benzene rings is 1. The number of carbonyl (C=O) groups is 8. The number of fused-ring (bicyclic) bond motifs is 2. The lowest BCUT2D eigenvalue weighted by Crippen LogP contribution is -2.66. The molecule has 3 aliphatic rings. The van der Waals surface area contributed by atoms with Crippen molar-refractivity contribution < 1.29 is 58.4 Å². The van der Waals surface area contributed by atoms with Gasteiger partial charge in [0.05, 0.1) is 6.10 Å². The molecule has 0 unspecified atom stereocenters. The summed E-state index contributed by atoms with van der Waals surface area (Å²) in [5.74, 6) is -8.53. The number of hydrogen-bond acceptors (Lipinski definition) is 12. The van der Waals surface area contributed by atoms with E-state index in [1.54, 1.807) is 70.2 Å². The number of amides is 6. The topological polar surface area (TPSA) is 287 Å². The lowest BCUT2D eigenvalue weighted by molar-refractivity contribution is -0.167. The van der Waals surface area contributed by atoms with Crippen LogP contribution in [-0.4, -0.2) is 140 Å². The Morgan fingerprint density at radius 2 is 1.59 bits per heavy atom. The number of aliphatic carboxylic acids is 1. The molecule has 12 atom stereocenters. The van der Waals surface area contributed by atoms with Crippen molar-refractivity contribution in [2.75, 3.05) is 7.05 Å². The zero-order chi connectivity index (χ0) is 46.7. The fourth-order valence-corrected chi connectivity index (χ4v) is 8.11. The van der Waals surface area contributed by atoms with Gasteiger partial charge >= 0.3 is 11.9 Å². The van der Waals surface area contributed by atoms with Gasteiger partial charge in [-0.15, -0.1) is 0 Å². The highest BCUT2D eigenvalue weighted by molar-refractivity contribution is 5.98. The SMILES string of the molecule is CC[C@H](C)[C@@H]1NC(=O)[C@H](Cc2ccccc2)N(C)C(=O)[C@H](C(C)C)N2C(=O)[C@H](CC[C@H]2O)NC(=O)[C@H](C[C@H]2C=C[C@H](O)CC2)NC(=O)[C@@H](NC(=O)CC[C@H](N)C(=O)O)[C@@H](C)OC1=O. The number of likely N-dealkylation sites (N-methyl/N-ethyl adjacent to an activating group) is 1. The van der Waals surface area contributed by atoms with Crippen LogP contribution in [0.15, 0.2) is 42.5 Å². The van der Waals surface area contributed by atoms with Gasteiger partial charge in [-0.3, -0.25) is 33.6 Å². The van der Waals surface area contributed by atoms with Gasteiger partial charge in [0.25, 0.3) is 0 Å². The second kappa shape index (κ2) is 22.8. The highest BCUT2D eigenvalue weighted by atomic mass is 16.5. The minimum atomic E-state index is -1.67. The van der Waals surface area contributed by atoms with Crippen molar-refractivity contribution in [2.45, 2.75) is 153 Å². The molecule has 1 aliphatic carbocycles. The molecule has 6 amide bonds. The summed E-state index contributed by atoms with van der Waals surface area (Å²) in [6.07, 6.45) is 0.0986. The molecule has 0 spiro atoms. The lowest BCUT2D eigenvalue weighted by atomic mass is 9.88. The molecule has 1 aromatic rings. The van der Waals surface area contributed by atoms with Gasteiger partial charge in [-0.1, -0.05) is 76.6 Å². The van der Waals surface area contributed by atoms with Gasteiger partial charge in [0.2, 0.25) is 35.4 Å². The fourth-order valence-electron chi connectivity index (χ4n) is 8.11. The summed E-state index contributed by atoms with van der Waals surface area (Å²) in [6.45, 7) is 8.19. The second-order valence-corrected chi connectivity index (χ2v) is 17.3. The summed E-state index contributed by atoms with van der Waals surface area (Å²) in [6, 6.07) is -0.703. The Hall–Kier alpha value is -5.40. The molecule has 9 N–H and O–H groups in total. The summed E-state index contributed by atoms with van der Waals surface area (Å²) in [4.78, 5) is 113. The van der Waals surface area contributed by atoms with E-state index in [4.69, 9.17) is 10.5 Å². The molecular formula is C44H65N7O12. The molecule has 2 saturated heterocycles. The van der Waals surface area contributed by atoms with E-state index in [-0.39, 0.29) is 38.0 Å². The van der Waals surface area contributed by atoms with Gasteiger partial charge in [-0.2, -0.15) is 0 Å². The number of nitrogens with two attached hydrogens (primary N) is 1. The number of nitrogens with one attached hydrogen (secondary N) is 4. The number of carboxylic acids is 1. The van der Waals surface area contributed by atoms with E-state index in [9.17, 15) is 53.7 Å². The van der Waals surface area contributed by atoms with Crippen LogP contribution in [0.4, 0.5) is 0 Å². The molecule has 2 bridgehead atoms. The molecule has 2 fully saturated rings. The maximum absolute atomic E-state index is 14.7. The molecule has 0 radical (unpaired) electrons. The van der Waals surface area contributed by atoms with Crippen LogP contribution >= 0.6 is 0 Å². The Morgan fingerprint density at radius 3 is 2.19 bits per heavy atom. The minimum absolute atomic E-state index is 0.00999. The smallest absolute Gasteiger partial charge is 0.329 e. The summed E-state index contributed by atoms with van der Waals surface area (Å²) in [5, 5.41) is 41.4. The largest absolute Gasteiger partial charge is 0.480 e. The van der Waals surface area contributed by atoms with Crippen molar-refractivity contribution in [3.05, 3.63) is 48.0 Å². The number of esters is 1. The predicted molar refractivity (Wildman–Crippen MR) is 227 cm³/mol. The highest BCUT2D eigenvalue weighted by Crippen LogP contribution is 2.27. The van der Waals surface area contributed by atoms with Crippen molar-refractivity contribution in [1.29, 1.82) is 0 Å². The zero-order valence-corrected chi connectivity index (χ0v) is 36.9. The number of piperidine rings is 1. The van der Waals surface area contributed by atoms with Crippen LogP contribution in [0, 0.1) is 17.8 Å². The molecule has 0 saturated carbocycles. The number of rotatable bonds is 12. The van der Waals surface area contributed by atoms with Crippen LogP contribution in [0.5, 0.6) is 0 Å². The summed E-state index contributed by atoms with van der Waals surface area (Å²) in [5.41, 5.74) is 6.30. The highest BCUT2D eigenvalue weighted by Gasteiger charge is 2.47. The van der Waals surface area contributed by atoms with Gasteiger partial charge in [0, 0.05) is 19.9 Å². The molecule has 19 nitrogen and oxygen atoms in total. The van der Waals surface area contributed by atoms with Crippen molar-refractivity contribution in [3.8, 4) is 0 Å². The predicted octanol–water partition coefficient (Wildman–Crippen LogP) is -0.139. The molecule has 348 valence electrons. The van der Waals surface area contributed by atoms with E-state index in [1.165, 1.54) is 18.9 Å². The maximum Gasteiger partial charge on any atom is 0.329 e. The molecular weight excluding hydrogens is 819 g/mol. The van der Waals surface area contributed by atoms with Gasteiger partial charge in [-0.05, 0) is 68.8 Å². The monoisotopic (exact) mass is 883 g/mol. The van der Waals surface area contributed by atoms with Crippen molar-refractivity contribution in [1.82, 2.24) is 31.1 Å². The third-order valence-corrected chi connectivity index (χ3v) is 12.2. The van der Waals surface area contributed by atoms with E-state index >= 15 is 0 Å². The molecule has 1 aromatic carbocycles. The summed E-state index contributed by atoms with van der Waals surface area (Å²) in [7, 11) is 1.41. The number of nitrogens with zero attached hydrogens (tertiary/aromatic N) is 2. The van der Waals surface area contributed by atoms with E-state index in [0.717, 1.165) is 4.90 Å². The van der Waals surface area contributed by atoms with Gasteiger partial charge in [0.15, 0.2) is 0 Å². The Labute approximate surface area is 367 Å². The molecule has 2 heterocycles. The number of ether oxygens (including phenoxy) is 1. The van der Waals surface area contributed by atoms with Crippen LogP contribution in [0.25, 0.3) is 0 Å². The average Bonchev–Trinajstić information content (AvgIpc) is 3.24. The molecule has 0 aromatic heterocycles. The van der Waals surface area contributed by atoms with E-state index < -0.39 is 126 Å². The first-order chi connectivity index (χ1) is 29.7. The number of hydrogen-bond donors (Lipinski definition) is 8. The number of aliphatic hydroxyl groups is 2. The third kappa shape index (κ3) is 13.3. The van der Waals surface area contributed by atoms with Crippen LogP contribution in [-0.2, 0) is 49.5 Å². The van der Waals surface area contributed by atoms with Gasteiger partial charge < -0.3 is 56.9 Å². The number of carboxylic acid groups (broad SMARTS) is 1. The molecule has 63 heavy (non-hydrogen) atoms. The number of allylic oxidation sites excluding steroid dienone is 1. The first-order valence-corrected chi connectivity index (χ1v) is 21.8. The number of aliphatic hydroxyl groups excluding tert-OH is 2. The van der Waals surface area contributed by atoms with Crippen LogP contribution < -0.4 is 27.0 Å². The minimum Gasteiger partial charge on any atom is -0.480 e. The van der Waals surface area contributed by atoms with Gasteiger partial charge in [0.1, 0.15) is 54.6 Å². The Balaban J connectivity index is 1.84. The molecule has 19 heteroatoms. The first-order valence-electron chi connectivity index (χ1n) is 21.8. The zero-order valence-electron chi connectivity index (χ0n) is 36.9. The van der Waals surface area contributed by atoms with Crippen molar-refractivity contribution in [3.63, 3.8) is 0 Å². The Kier molecular flexibility index (Phi) is 18.2. The Morgan fingerprint density at radius 1 is 0.905 bits per heavy atom. The van der Waals surface area contributed by atoms with Crippen molar-refractivity contribution >= 4 is 47.4 Å².